The van der Waals surface area contributed by atoms with Gasteiger partial charge >= 0.3 is 11.3 Å². The minimum atomic E-state index is -1.42. The van der Waals surface area contributed by atoms with Crippen LogP contribution in [0.5, 0.6) is 34.5 Å². The van der Waals surface area contributed by atoms with Crippen molar-refractivity contribution < 1.29 is 51.7 Å². The maximum absolute atomic E-state index is 15.1. The standard InChI is InChI=1S/C60H58N4O13/c1-59(2,3)61-53(65)51(43-29-27-41(71-7)33-49(43)73-9)63(55(67)45-31-35-15-11-13-17-47(35)76-57(45)69)37-19-23-39(24-20-37)75-40-25-21-38(22-26-40)64(56(68)46-32-36-16-12-14-18-48(36)77-58(46)70)52(54(66)62-60(4,5)6)44-30-28-42(72-8)34-50(44)74-10/h11-34,51-52H,1-10H3,(H,61,65)(H,62,66). The molecule has 2 atom stereocenters. The molecule has 0 fully saturated rings. The fraction of sp³-hybridized carbons (Fsp3) is 0.233. The molecule has 396 valence electrons. The monoisotopic (exact) mass is 1040 g/mol. The first-order chi connectivity index (χ1) is 36.7. The van der Waals surface area contributed by atoms with Crippen LogP contribution in [0.2, 0.25) is 0 Å². The molecule has 17 nitrogen and oxygen atoms in total. The summed E-state index contributed by atoms with van der Waals surface area (Å²) >= 11 is 0. The van der Waals surface area contributed by atoms with Crippen molar-refractivity contribution >= 4 is 56.9 Å². The second-order valence-corrected chi connectivity index (χ2v) is 19.9. The molecule has 0 aliphatic rings. The molecule has 77 heavy (non-hydrogen) atoms. The molecule has 6 aromatic carbocycles. The molecule has 2 N–H and O–H groups in total. The molecule has 0 spiro atoms. The number of fused-ring (bicyclic) bond motifs is 2. The first kappa shape index (κ1) is 53.9. The van der Waals surface area contributed by atoms with Gasteiger partial charge in [-0.05, 0) is 139 Å². The quantitative estimate of drug-likeness (QED) is 0.0866. The van der Waals surface area contributed by atoms with Gasteiger partial charge in [0.2, 0.25) is 11.8 Å². The molecule has 0 saturated carbocycles. The third-order valence-corrected chi connectivity index (χ3v) is 12.1. The van der Waals surface area contributed by atoms with Gasteiger partial charge in [-0.2, -0.15) is 0 Å². The molecule has 0 saturated heterocycles. The van der Waals surface area contributed by atoms with E-state index in [-0.39, 0.29) is 67.8 Å². The highest BCUT2D eigenvalue weighted by atomic mass is 16.5. The molecule has 2 aromatic heterocycles. The Hall–Kier alpha value is -9.38. The predicted octanol–water partition coefficient (Wildman–Crippen LogP) is 10.3. The lowest BCUT2D eigenvalue weighted by Crippen LogP contribution is -2.50. The Morgan fingerprint density at radius 1 is 0.455 bits per heavy atom. The van der Waals surface area contributed by atoms with E-state index < -0.39 is 58.0 Å². The highest BCUT2D eigenvalue weighted by Gasteiger charge is 2.40. The number of nitrogens with one attached hydrogen (secondary N) is 2. The van der Waals surface area contributed by atoms with Crippen LogP contribution >= 0.6 is 0 Å². The molecular weight excluding hydrogens is 985 g/mol. The van der Waals surface area contributed by atoms with E-state index in [0.29, 0.717) is 22.3 Å². The Morgan fingerprint density at radius 3 is 1.14 bits per heavy atom. The second kappa shape index (κ2) is 22.2. The third-order valence-electron chi connectivity index (χ3n) is 12.1. The number of amides is 4. The summed E-state index contributed by atoms with van der Waals surface area (Å²) in [5.74, 6) is -0.966. The summed E-state index contributed by atoms with van der Waals surface area (Å²) in [6, 6.07) is 35.8. The summed E-state index contributed by atoms with van der Waals surface area (Å²) in [6.07, 6.45) is 0. The van der Waals surface area contributed by atoms with Crippen LogP contribution in [0.25, 0.3) is 21.9 Å². The number of benzene rings is 6. The zero-order valence-electron chi connectivity index (χ0n) is 44.2. The minimum absolute atomic E-state index is 0.193. The van der Waals surface area contributed by atoms with Gasteiger partial charge in [-0.15, -0.1) is 0 Å². The first-order valence-corrected chi connectivity index (χ1v) is 24.4. The number of carbonyl (C=O) groups is 4. The fourth-order valence-electron chi connectivity index (χ4n) is 8.69. The maximum Gasteiger partial charge on any atom is 0.349 e. The molecule has 0 aliphatic carbocycles. The lowest BCUT2D eigenvalue weighted by Gasteiger charge is -2.34. The number of anilines is 2. The van der Waals surface area contributed by atoms with Gasteiger partial charge in [-0.25, -0.2) is 9.59 Å². The van der Waals surface area contributed by atoms with E-state index >= 15 is 9.59 Å². The third kappa shape index (κ3) is 11.9. The molecule has 2 unspecified atom stereocenters. The topological polar surface area (TPSA) is 205 Å². The van der Waals surface area contributed by atoms with Crippen LogP contribution in [0.4, 0.5) is 11.4 Å². The normalized spacial score (nSPS) is 12.2. The summed E-state index contributed by atoms with van der Waals surface area (Å²) in [4.78, 5) is 89.4. The average Bonchev–Trinajstić information content (AvgIpc) is 3.40. The van der Waals surface area contributed by atoms with E-state index in [1.165, 1.54) is 50.4 Å². The second-order valence-electron chi connectivity index (χ2n) is 19.9. The van der Waals surface area contributed by atoms with Crippen molar-refractivity contribution in [3.05, 3.63) is 189 Å². The lowest BCUT2D eigenvalue weighted by molar-refractivity contribution is -0.124. The number of para-hydroxylation sites is 2. The van der Waals surface area contributed by atoms with Gasteiger partial charge in [-0.1, -0.05) is 36.4 Å². The first-order valence-electron chi connectivity index (χ1n) is 24.4. The van der Waals surface area contributed by atoms with Gasteiger partial charge in [0.15, 0.2) is 0 Å². The van der Waals surface area contributed by atoms with Crippen LogP contribution in [0, 0.1) is 0 Å². The summed E-state index contributed by atoms with van der Waals surface area (Å²) in [7, 11) is 5.83. The smallest absolute Gasteiger partial charge is 0.349 e. The van der Waals surface area contributed by atoms with Crippen molar-refractivity contribution in [3.8, 4) is 34.5 Å². The van der Waals surface area contributed by atoms with E-state index in [9.17, 15) is 19.2 Å². The van der Waals surface area contributed by atoms with Crippen LogP contribution in [0.1, 0.15) is 85.5 Å². The summed E-state index contributed by atoms with van der Waals surface area (Å²) in [5, 5.41) is 6.97. The van der Waals surface area contributed by atoms with Crippen molar-refractivity contribution in [2.45, 2.75) is 64.7 Å². The van der Waals surface area contributed by atoms with Gasteiger partial charge in [-0.3, -0.25) is 29.0 Å². The Labute approximate surface area is 443 Å². The van der Waals surface area contributed by atoms with E-state index in [4.69, 9.17) is 32.5 Å². The lowest BCUT2D eigenvalue weighted by atomic mass is 9.98. The Kier molecular flexibility index (Phi) is 15.6. The minimum Gasteiger partial charge on any atom is -0.497 e. The molecule has 4 amide bonds. The van der Waals surface area contributed by atoms with E-state index in [1.54, 1.807) is 175 Å². The predicted molar refractivity (Wildman–Crippen MR) is 292 cm³/mol. The van der Waals surface area contributed by atoms with Crippen molar-refractivity contribution in [1.82, 2.24) is 10.6 Å². The summed E-state index contributed by atoms with van der Waals surface area (Å²) < 4.78 is 40.1. The number of ether oxygens (including phenoxy) is 5. The molecule has 17 heteroatoms. The Balaban J connectivity index is 1.21. The number of rotatable bonds is 16. The number of carbonyl (C=O) groups excluding carboxylic acids is 4. The molecule has 0 aliphatic heterocycles. The average molecular weight is 1040 g/mol. The molecule has 0 radical (unpaired) electrons. The van der Waals surface area contributed by atoms with Gasteiger partial charge in [0, 0.05) is 56.5 Å². The van der Waals surface area contributed by atoms with Crippen LogP contribution in [-0.4, -0.2) is 63.1 Å². The largest absolute Gasteiger partial charge is 0.497 e. The van der Waals surface area contributed by atoms with Crippen molar-refractivity contribution in [1.29, 1.82) is 0 Å². The summed E-state index contributed by atoms with van der Waals surface area (Å²) in [6.45, 7) is 10.8. The highest BCUT2D eigenvalue weighted by Crippen LogP contribution is 2.40. The Bertz CT molecular complexity index is 3390. The van der Waals surface area contributed by atoms with Crippen molar-refractivity contribution in [2.75, 3.05) is 38.2 Å². The molecule has 0 bridgehead atoms. The molecule has 8 aromatic rings. The van der Waals surface area contributed by atoms with E-state index in [1.807, 2.05) is 0 Å². The summed E-state index contributed by atoms with van der Waals surface area (Å²) in [5.41, 5.74) is -2.52. The van der Waals surface area contributed by atoms with Crippen LogP contribution in [0.15, 0.2) is 164 Å². The van der Waals surface area contributed by atoms with E-state index in [2.05, 4.69) is 10.6 Å². The van der Waals surface area contributed by atoms with Gasteiger partial charge in [0.05, 0.1) is 28.4 Å². The van der Waals surface area contributed by atoms with Crippen molar-refractivity contribution in [3.63, 3.8) is 0 Å². The van der Waals surface area contributed by atoms with Crippen LogP contribution < -0.4 is 55.4 Å². The fourth-order valence-corrected chi connectivity index (χ4v) is 8.69. The number of hydrogen-bond donors (Lipinski definition) is 2. The maximum atomic E-state index is 15.1. The Morgan fingerprint density at radius 2 is 0.805 bits per heavy atom. The SMILES string of the molecule is COc1ccc(C(C(=O)NC(C)(C)C)N(C(=O)c2cc3ccccc3oc2=O)c2ccc(Oc3ccc(N(C(=O)c4cc5ccccc5oc4=O)C(C(=O)NC(C)(C)C)c4ccc(OC)cc4OC)cc3)cc2)c(OC)c1. The number of methoxy groups -OCH3 is 4. The zero-order valence-corrected chi connectivity index (χ0v) is 44.2. The van der Waals surface area contributed by atoms with E-state index in [0.717, 1.165) is 0 Å². The highest BCUT2D eigenvalue weighted by molar-refractivity contribution is 6.12. The van der Waals surface area contributed by atoms with Crippen LogP contribution in [0.3, 0.4) is 0 Å². The van der Waals surface area contributed by atoms with Gasteiger partial charge < -0.3 is 43.2 Å². The number of nitrogens with zero attached hydrogens (tertiary/aromatic N) is 2. The van der Waals surface area contributed by atoms with Crippen molar-refractivity contribution in [2.24, 2.45) is 0 Å². The molecular formula is C60H58N4O13. The molecule has 8 rings (SSSR count). The molecule has 2 heterocycles. The van der Waals surface area contributed by atoms with Crippen LogP contribution in [-0.2, 0) is 9.59 Å². The van der Waals surface area contributed by atoms with Gasteiger partial charge in [0.1, 0.15) is 68.9 Å². The van der Waals surface area contributed by atoms with Gasteiger partial charge in [0.25, 0.3) is 11.8 Å². The number of hydrogen-bond acceptors (Lipinski definition) is 13. The zero-order chi connectivity index (χ0) is 55.3.